The number of hydrogen-bond acceptors (Lipinski definition) is 6. The first-order valence-electron chi connectivity index (χ1n) is 11.8. The van der Waals surface area contributed by atoms with Gasteiger partial charge in [0.15, 0.2) is 0 Å². The number of allylic oxidation sites excluding steroid dienone is 1. The number of aromatic nitrogens is 3. The van der Waals surface area contributed by atoms with Crippen molar-refractivity contribution in [3.63, 3.8) is 0 Å². The van der Waals surface area contributed by atoms with Gasteiger partial charge in [-0.1, -0.05) is 0 Å². The van der Waals surface area contributed by atoms with Gasteiger partial charge >= 0.3 is 0 Å². The maximum atomic E-state index is 4.65. The minimum atomic E-state index is 0.761. The molecular weight excluding hydrogens is 434 g/mol. The van der Waals surface area contributed by atoms with Crippen LogP contribution < -0.4 is 15.5 Å². The highest BCUT2D eigenvalue weighted by molar-refractivity contribution is 6.00. The zero-order valence-corrected chi connectivity index (χ0v) is 20.3. The van der Waals surface area contributed by atoms with E-state index in [1.807, 2.05) is 62.8 Å². The Bertz CT molecular complexity index is 1400. The average molecular weight is 464 g/mol. The Balaban J connectivity index is 1.32. The first-order valence-corrected chi connectivity index (χ1v) is 11.8. The third kappa shape index (κ3) is 5.14. The third-order valence-electron chi connectivity index (χ3n) is 6.09. The van der Waals surface area contributed by atoms with Crippen molar-refractivity contribution in [1.82, 2.24) is 20.3 Å². The van der Waals surface area contributed by atoms with Gasteiger partial charge in [-0.2, -0.15) is 0 Å². The van der Waals surface area contributed by atoms with E-state index in [2.05, 4.69) is 59.8 Å². The van der Waals surface area contributed by atoms with Crippen molar-refractivity contribution < 1.29 is 0 Å². The number of anilines is 3. The lowest BCUT2D eigenvalue weighted by atomic mass is 10.1. The third-order valence-corrected chi connectivity index (χ3v) is 6.09. The maximum Gasteiger partial charge on any atom is 0.133 e. The lowest BCUT2D eigenvalue weighted by Gasteiger charge is -2.33. The summed E-state index contributed by atoms with van der Waals surface area (Å²) in [5, 5.41) is 7.94. The van der Waals surface area contributed by atoms with E-state index in [1.165, 1.54) is 12.1 Å². The Morgan fingerprint density at radius 3 is 2.57 bits per heavy atom. The van der Waals surface area contributed by atoms with Crippen LogP contribution in [0.4, 0.5) is 17.2 Å². The predicted molar refractivity (Wildman–Crippen MR) is 144 cm³/mol. The highest BCUT2D eigenvalue weighted by Crippen LogP contribution is 2.30. The standard InChI is InChI=1S/C28H29N7/c1-19-15-21(9-11-30-19)16-20(2)33-28(29-3)22-5-8-27(32-18-22)34-26-10-12-31-25-7-6-23(17-24(25)26)35-13-4-14-35/h5-12,15-18H,4,13-14H2,1-3H3,(H,29,33)(H,31,32,34)/b20-16+. The number of nitrogens with zero attached hydrogens (tertiary/aromatic N) is 5. The molecule has 7 heteroatoms. The largest absolute Gasteiger partial charge is 0.371 e. The van der Waals surface area contributed by atoms with E-state index in [-0.39, 0.29) is 0 Å². The van der Waals surface area contributed by atoms with Crippen LogP contribution in [0.1, 0.15) is 30.2 Å². The number of amidine groups is 1. The molecule has 35 heavy (non-hydrogen) atoms. The SMILES string of the molecule is CN=C(N/C(C)=C/c1ccnc(C)c1)c1ccc(Nc2ccnc3ccc(N4CCC4)cc23)nc1. The second-order valence-corrected chi connectivity index (χ2v) is 8.71. The first kappa shape index (κ1) is 22.5. The van der Waals surface area contributed by atoms with Gasteiger partial charge in [0.2, 0.25) is 0 Å². The van der Waals surface area contributed by atoms with Gasteiger partial charge in [0.25, 0.3) is 0 Å². The van der Waals surface area contributed by atoms with Crippen molar-refractivity contribution in [2.24, 2.45) is 4.99 Å². The molecule has 1 aliphatic rings. The quantitative estimate of drug-likeness (QED) is 0.298. The van der Waals surface area contributed by atoms with Gasteiger partial charge in [0, 0.05) is 66.8 Å². The molecule has 7 nitrogen and oxygen atoms in total. The summed E-state index contributed by atoms with van der Waals surface area (Å²) in [4.78, 5) is 20.2. The van der Waals surface area contributed by atoms with Gasteiger partial charge < -0.3 is 15.5 Å². The summed E-state index contributed by atoms with van der Waals surface area (Å²) >= 11 is 0. The number of nitrogens with one attached hydrogen (secondary N) is 2. The van der Waals surface area contributed by atoms with Crippen LogP contribution in [0.5, 0.6) is 0 Å². The molecule has 0 spiro atoms. The highest BCUT2D eigenvalue weighted by Gasteiger charge is 2.15. The second kappa shape index (κ2) is 9.93. The van der Waals surface area contributed by atoms with Gasteiger partial charge in [-0.3, -0.25) is 15.0 Å². The van der Waals surface area contributed by atoms with Crippen LogP contribution >= 0.6 is 0 Å². The van der Waals surface area contributed by atoms with Gasteiger partial charge in [-0.25, -0.2) is 4.98 Å². The molecule has 0 bridgehead atoms. The number of pyridine rings is 3. The number of aliphatic imine (C=N–C) groups is 1. The molecule has 1 aliphatic heterocycles. The molecule has 1 saturated heterocycles. The maximum absolute atomic E-state index is 4.65. The van der Waals surface area contributed by atoms with Gasteiger partial charge in [-0.15, -0.1) is 0 Å². The minimum absolute atomic E-state index is 0.761. The van der Waals surface area contributed by atoms with Crippen molar-refractivity contribution in [2.45, 2.75) is 20.3 Å². The second-order valence-electron chi connectivity index (χ2n) is 8.71. The van der Waals surface area contributed by atoms with Crippen molar-refractivity contribution in [3.8, 4) is 0 Å². The van der Waals surface area contributed by atoms with Crippen LogP contribution in [-0.2, 0) is 0 Å². The topological polar surface area (TPSA) is 78.3 Å². The van der Waals surface area contributed by atoms with Crippen molar-refractivity contribution in [1.29, 1.82) is 0 Å². The van der Waals surface area contributed by atoms with E-state index in [0.717, 1.165) is 63.9 Å². The average Bonchev–Trinajstić information content (AvgIpc) is 2.82. The molecule has 0 atom stereocenters. The summed E-state index contributed by atoms with van der Waals surface area (Å²) in [6, 6.07) is 16.5. The summed E-state index contributed by atoms with van der Waals surface area (Å²) in [5.41, 5.74) is 7.18. The van der Waals surface area contributed by atoms with E-state index >= 15 is 0 Å². The number of aryl methyl sites for hydroxylation is 1. The van der Waals surface area contributed by atoms with Crippen molar-refractivity contribution >= 4 is 40.0 Å². The molecule has 0 aliphatic carbocycles. The number of benzene rings is 1. The molecule has 1 aromatic carbocycles. The molecule has 0 unspecified atom stereocenters. The molecule has 5 rings (SSSR count). The van der Waals surface area contributed by atoms with E-state index in [9.17, 15) is 0 Å². The molecule has 0 saturated carbocycles. The van der Waals surface area contributed by atoms with E-state index in [0.29, 0.717) is 0 Å². The van der Waals surface area contributed by atoms with Crippen molar-refractivity contribution in [2.75, 3.05) is 30.4 Å². The molecule has 2 N–H and O–H groups in total. The summed E-state index contributed by atoms with van der Waals surface area (Å²) in [6.45, 7) is 6.24. The van der Waals surface area contributed by atoms with E-state index < -0.39 is 0 Å². The molecule has 3 aromatic heterocycles. The lowest BCUT2D eigenvalue weighted by molar-refractivity contribution is 0.618. The molecule has 176 valence electrons. The number of fused-ring (bicyclic) bond motifs is 1. The number of hydrogen-bond donors (Lipinski definition) is 2. The summed E-state index contributed by atoms with van der Waals surface area (Å²) in [6.07, 6.45) is 8.80. The molecule has 4 aromatic rings. The van der Waals surface area contributed by atoms with E-state index in [4.69, 9.17) is 0 Å². The highest BCUT2D eigenvalue weighted by atomic mass is 15.2. The van der Waals surface area contributed by atoms with Crippen molar-refractivity contribution in [3.05, 3.63) is 89.6 Å². The fraction of sp³-hybridized carbons (Fsp3) is 0.214. The monoisotopic (exact) mass is 463 g/mol. The Hall–Kier alpha value is -4.26. The van der Waals surface area contributed by atoms with Crippen LogP contribution in [0.2, 0.25) is 0 Å². The molecule has 4 heterocycles. The van der Waals surface area contributed by atoms with Crippen LogP contribution in [0.25, 0.3) is 17.0 Å². The normalized spacial score (nSPS) is 14.1. The predicted octanol–water partition coefficient (Wildman–Crippen LogP) is 5.31. The first-order chi connectivity index (χ1) is 17.1. The fourth-order valence-corrected chi connectivity index (χ4v) is 4.15. The van der Waals surface area contributed by atoms with Crippen LogP contribution in [0.3, 0.4) is 0 Å². The fourth-order valence-electron chi connectivity index (χ4n) is 4.15. The Morgan fingerprint density at radius 2 is 1.86 bits per heavy atom. The van der Waals surface area contributed by atoms with Gasteiger partial charge in [-0.05, 0) is 80.4 Å². The Kier molecular flexibility index (Phi) is 6.39. The van der Waals surface area contributed by atoms with Crippen LogP contribution in [0.15, 0.2) is 77.8 Å². The minimum Gasteiger partial charge on any atom is -0.371 e. The smallest absolute Gasteiger partial charge is 0.133 e. The van der Waals surface area contributed by atoms with Gasteiger partial charge in [0.05, 0.1) is 11.2 Å². The van der Waals surface area contributed by atoms with Crippen LogP contribution in [0, 0.1) is 6.92 Å². The summed E-state index contributed by atoms with van der Waals surface area (Å²) in [5.74, 6) is 1.53. The molecule has 0 radical (unpaired) electrons. The lowest BCUT2D eigenvalue weighted by Crippen LogP contribution is -2.36. The van der Waals surface area contributed by atoms with Gasteiger partial charge in [0.1, 0.15) is 11.7 Å². The summed E-state index contributed by atoms with van der Waals surface area (Å²) in [7, 11) is 1.77. The van der Waals surface area contributed by atoms with E-state index in [1.54, 1.807) is 7.05 Å². The molecular formula is C28H29N7. The zero-order chi connectivity index (χ0) is 24.2. The Morgan fingerprint density at radius 1 is 1.00 bits per heavy atom. The van der Waals surface area contributed by atoms with Crippen LogP contribution in [-0.4, -0.2) is 40.9 Å². The zero-order valence-electron chi connectivity index (χ0n) is 20.3. The molecule has 0 amide bonds. The number of rotatable bonds is 6. The molecule has 1 fully saturated rings. The Labute approximate surface area is 205 Å². The summed E-state index contributed by atoms with van der Waals surface area (Å²) < 4.78 is 0.